The van der Waals surface area contributed by atoms with Gasteiger partial charge in [-0.15, -0.1) is 0 Å². The smallest absolute Gasteiger partial charge is 0.243 e. The van der Waals surface area contributed by atoms with Crippen molar-refractivity contribution >= 4 is 169 Å². The van der Waals surface area contributed by atoms with E-state index < -0.39 is 0 Å². The van der Waals surface area contributed by atoms with Gasteiger partial charge in [0.2, 0.25) is 35.4 Å². The van der Waals surface area contributed by atoms with Crippen LogP contribution in [0.3, 0.4) is 0 Å². The van der Waals surface area contributed by atoms with Gasteiger partial charge in [-0.25, -0.2) is 0 Å². The van der Waals surface area contributed by atoms with E-state index in [-0.39, 0.29) is 35.4 Å². The molecule has 0 fully saturated rings. The maximum Gasteiger partial charge on any atom is 0.243 e. The fourth-order valence-electron chi connectivity index (χ4n) is 19.3. The summed E-state index contributed by atoms with van der Waals surface area (Å²) >= 11 is 0. The lowest BCUT2D eigenvalue weighted by Gasteiger charge is -2.21. The standard InChI is InChI=1S/C132H138N6O12/c139-127(73-67-103-55-37-49-97-43-13-19-61-109(97)103)133-79-25-1-7-31-85-145-121-91-115-116(92-122(121)146-86-32-8-2-26-80-134-128(140)74-68-104-56-38-50-98-44-14-20-62-110(98)104)118-94-124(148-88-34-10-4-28-82-136-130(142)76-70-106-58-40-52-100-46-16-22-64-112(100)106)126(150-90-36-12-6-30-84-138-132(144)78-72-108-60-42-54-102-48-18-24-66-114(102)108)96-120(118)119-95-125(149-89-35-11-5-29-83-137-131(143)77-71-107-59-41-53-101-47-17-23-65-113(101)107)123(93-117(115)119)147-87-33-9-3-27-81-135-129(141)75-69-105-57-39-51-99-45-15-21-63-111(99)105/h13-24,37-78,91-96H,1-12,25-36,79-90H2,(H,133,139)(H,134,140)(H,135,141)(H,136,142)(H,137,143)(H,138,144). The Balaban J connectivity index is 0.664. The molecule has 0 unspecified atom stereocenters. The highest BCUT2D eigenvalue weighted by Crippen LogP contribution is 2.48. The van der Waals surface area contributed by atoms with Crippen LogP contribution >= 0.6 is 0 Å². The van der Waals surface area contributed by atoms with Gasteiger partial charge in [0.25, 0.3) is 0 Å². The molecule has 0 saturated heterocycles. The first-order valence-corrected chi connectivity index (χ1v) is 53.9. The molecule has 0 aliphatic heterocycles. The van der Waals surface area contributed by atoms with E-state index >= 15 is 0 Å². The summed E-state index contributed by atoms with van der Waals surface area (Å²) in [6, 6.07) is 98.5. The molecule has 16 aromatic carbocycles. The fourth-order valence-corrected chi connectivity index (χ4v) is 19.3. The minimum atomic E-state index is -0.135. The predicted octanol–water partition coefficient (Wildman–Crippen LogP) is 28.7. The van der Waals surface area contributed by atoms with Gasteiger partial charge in [-0.3, -0.25) is 28.8 Å². The number of ether oxygens (including phenoxy) is 6. The lowest BCUT2D eigenvalue weighted by Crippen LogP contribution is -2.22. The quantitative estimate of drug-likeness (QED) is 0.0119. The van der Waals surface area contributed by atoms with E-state index in [2.05, 4.69) is 177 Å². The Bertz CT molecular complexity index is 6290. The summed E-state index contributed by atoms with van der Waals surface area (Å²) in [7, 11) is 0. The Hall–Kier alpha value is -16.1. The monoisotopic (exact) mass is 2000 g/mol. The van der Waals surface area contributed by atoms with Crippen LogP contribution in [0, 0.1) is 0 Å². The lowest BCUT2D eigenvalue weighted by atomic mass is 9.93. The number of fused-ring (bicyclic) bond motifs is 12. The SMILES string of the molecule is O=C(C=Cc1cccc2ccccc12)NCCCCCCOc1cc2c3cc(OCCCCCCNC(=O)C=Cc4cccc5ccccc45)c(OCCCCCCNC(=O)C=Cc4cccc5ccccc45)cc3c3cc(OCCCCCCNC(=O)C=Cc4cccc5ccccc45)c(OCCCCCCNC(=O)C=Cc4cccc5ccccc45)cc3c2cc1OCCCCCCNC(=O)C=Cc1cccc2ccccc12. The molecular weight excluding hydrogens is 1860 g/mol. The molecule has 0 radical (unpaired) electrons. The second-order valence-electron chi connectivity index (χ2n) is 38.3. The van der Waals surface area contributed by atoms with Crippen molar-refractivity contribution in [3.63, 3.8) is 0 Å². The molecule has 16 aromatic rings. The average molecular weight is 2000 g/mol. The molecule has 0 spiro atoms. The number of carbonyl (C=O) groups excluding carboxylic acids is 6. The van der Waals surface area contributed by atoms with Crippen molar-refractivity contribution in [2.24, 2.45) is 0 Å². The van der Waals surface area contributed by atoms with Crippen molar-refractivity contribution in [1.29, 1.82) is 0 Å². The van der Waals surface area contributed by atoms with Crippen molar-refractivity contribution in [3.8, 4) is 34.5 Å². The van der Waals surface area contributed by atoms with Crippen LogP contribution in [0.5, 0.6) is 34.5 Å². The zero-order valence-corrected chi connectivity index (χ0v) is 86.0. The molecular formula is C132H138N6O12. The highest BCUT2D eigenvalue weighted by atomic mass is 16.5. The first-order chi connectivity index (χ1) is 74.0. The van der Waals surface area contributed by atoms with Gasteiger partial charge in [0.15, 0.2) is 34.5 Å². The average Bonchev–Trinajstić information content (AvgIpc) is 0.722. The Kier molecular flexibility index (Phi) is 41.2. The van der Waals surface area contributed by atoms with Crippen LogP contribution in [0.1, 0.15) is 187 Å². The molecule has 768 valence electrons. The number of rotatable bonds is 60. The Morgan fingerprint density at radius 3 is 0.460 bits per heavy atom. The summed E-state index contributed by atoms with van der Waals surface area (Å²) in [5.41, 5.74) is 5.94. The highest BCUT2D eigenvalue weighted by molar-refractivity contribution is 6.27. The van der Waals surface area contributed by atoms with E-state index in [0.717, 1.165) is 284 Å². The van der Waals surface area contributed by atoms with Crippen molar-refractivity contribution in [2.75, 3.05) is 78.9 Å². The highest BCUT2D eigenvalue weighted by Gasteiger charge is 2.23. The van der Waals surface area contributed by atoms with Gasteiger partial charge in [0.1, 0.15) is 0 Å². The second kappa shape index (κ2) is 57.9. The third-order valence-electron chi connectivity index (χ3n) is 27.3. The molecule has 0 aromatic heterocycles. The number of carbonyl (C=O) groups is 6. The van der Waals surface area contributed by atoms with Crippen LogP contribution in [0.4, 0.5) is 0 Å². The molecule has 18 heteroatoms. The van der Waals surface area contributed by atoms with Gasteiger partial charge in [0, 0.05) is 75.7 Å². The molecule has 0 aliphatic carbocycles. The number of benzene rings is 16. The largest absolute Gasteiger partial charge is 0.490 e. The first-order valence-electron chi connectivity index (χ1n) is 53.9. The molecule has 0 saturated carbocycles. The Morgan fingerprint density at radius 1 is 0.160 bits per heavy atom. The number of nitrogens with one attached hydrogen (secondary N) is 6. The molecule has 6 amide bonds. The third-order valence-corrected chi connectivity index (χ3v) is 27.3. The molecule has 150 heavy (non-hydrogen) atoms. The predicted molar refractivity (Wildman–Crippen MR) is 619 cm³/mol. The van der Waals surface area contributed by atoms with Gasteiger partial charge in [-0.2, -0.15) is 0 Å². The Morgan fingerprint density at radius 2 is 0.300 bits per heavy atom. The zero-order chi connectivity index (χ0) is 103. The van der Waals surface area contributed by atoms with Crippen LogP contribution in [0.25, 0.3) is 133 Å². The molecule has 0 heterocycles. The van der Waals surface area contributed by atoms with Gasteiger partial charge >= 0.3 is 0 Å². The summed E-state index contributed by atoms with van der Waals surface area (Å²) in [5.74, 6) is 2.74. The fraction of sp³-hybridized carbons (Fsp3) is 0.273. The van der Waals surface area contributed by atoms with E-state index in [4.69, 9.17) is 28.4 Å². The lowest BCUT2D eigenvalue weighted by molar-refractivity contribution is -0.117. The normalized spacial score (nSPS) is 11.8. The summed E-state index contributed by atoms with van der Waals surface area (Å²) in [6.07, 6.45) is 40.6. The first kappa shape index (κ1) is 107. The molecule has 18 nitrogen and oxygen atoms in total. The minimum absolute atomic E-state index is 0.135. The minimum Gasteiger partial charge on any atom is -0.490 e. The Labute approximate surface area is 880 Å². The van der Waals surface area contributed by atoms with Crippen molar-refractivity contribution in [2.45, 2.75) is 154 Å². The van der Waals surface area contributed by atoms with Crippen molar-refractivity contribution in [1.82, 2.24) is 31.9 Å². The topological polar surface area (TPSA) is 230 Å². The van der Waals surface area contributed by atoms with Crippen LogP contribution in [-0.4, -0.2) is 114 Å². The third kappa shape index (κ3) is 32.0. The van der Waals surface area contributed by atoms with Crippen LogP contribution < -0.4 is 60.3 Å². The maximum atomic E-state index is 13.2. The van der Waals surface area contributed by atoms with Crippen molar-refractivity contribution < 1.29 is 57.2 Å². The van der Waals surface area contributed by atoms with Crippen LogP contribution in [0.2, 0.25) is 0 Å². The molecule has 0 aliphatic rings. The zero-order valence-electron chi connectivity index (χ0n) is 86.0. The summed E-state index contributed by atoms with van der Waals surface area (Å²) in [4.78, 5) is 79.2. The van der Waals surface area contributed by atoms with Crippen LogP contribution in [-0.2, 0) is 28.8 Å². The van der Waals surface area contributed by atoms with E-state index in [1.165, 1.54) is 0 Å². The number of hydrogen-bond donors (Lipinski definition) is 6. The number of amides is 6. The van der Waals surface area contributed by atoms with E-state index in [9.17, 15) is 28.8 Å². The van der Waals surface area contributed by atoms with Gasteiger partial charge in [-0.1, -0.05) is 332 Å². The summed E-state index contributed by atoms with van der Waals surface area (Å²) < 4.78 is 42.1. The molecule has 6 N–H and O–H groups in total. The van der Waals surface area contributed by atoms with Gasteiger partial charge < -0.3 is 60.3 Å². The van der Waals surface area contributed by atoms with Crippen molar-refractivity contribution in [3.05, 3.63) is 361 Å². The van der Waals surface area contributed by atoms with Gasteiger partial charge in [0.05, 0.1) is 39.6 Å². The van der Waals surface area contributed by atoms with E-state index in [1.807, 2.05) is 182 Å². The number of hydrogen-bond acceptors (Lipinski definition) is 12. The summed E-state index contributed by atoms with van der Waals surface area (Å²) in [6.45, 7) is 5.61. The second-order valence-corrected chi connectivity index (χ2v) is 38.3. The molecule has 0 atom stereocenters. The van der Waals surface area contributed by atoms with E-state index in [0.29, 0.717) is 113 Å². The maximum absolute atomic E-state index is 13.2. The number of unbranched alkanes of at least 4 members (excludes halogenated alkanes) is 18. The molecule has 0 bridgehead atoms. The van der Waals surface area contributed by atoms with Crippen LogP contribution in [0.15, 0.2) is 328 Å². The molecule has 16 rings (SSSR count). The van der Waals surface area contributed by atoms with Gasteiger partial charge in [-0.05, 0) is 280 Å². The van der Waals surface area contributed by atoms with E-state index in [1.54, 1.807) is 36.5 Å². The summed E-state index contributed by atoms with van der Waals surface area (Å²) in [5, 5.41) is 37.3.